The van der Waals surface area contributed by atoms with E-state index in [0.29, 0.717) is 6.54 Å². The van der Waals surface area contributed by atoms with Crippen molar-refractivity contribution < 1.29 is 14.3 Å². The minimum Gasteiger partial charge on any atom is -0.496 e. The van der Waals surface area contributed by atoms with Crippen molar-refractivity contribution in [3.8, 4) is 5.75 Å². The fraction of sp³-hybridized carbons (Fsp3) is 0.312. The zero-order valence-electron chi connectivity index (χ0n) is 12.0. The molecule has 0 fully saturated rings. The molecule has 2 rings (SSSR count). The molecular formula is C16H19NO3. The Morgan fingerprint density at radius 1 is 1.15 bits per heavy atom. The summed E-state index contributed by atoms with van der Waals surface area (Å²) in [5.74, 6) is 0.591. The van der Waals surface area contributed by atoms with Crippen LogP contribution in [0.15, 0.2) is 36.4 Å². The van der Waals surface area contributed by atoms with Gasteiger partial charge in [-0.1, -0.05) is 30.3 Å². The molecule has 0 saturated carbocycles. The molecule has 1 N–H and O–H groups in total. The summed E-state index contributed by atoms with van der Waals surface area (Å²) in [6, 6.07) is 11.7. The maximum absolute atomic E-state index is 11.4. The van der Waals surface area contributed by atoms with Crippen LogP contribution in [0.1, 0.15) is 12.5 Å². The molecule has 0 bridgehead atoms. The van der Waals surface area contributed by atoms with Crippen LogP contribution in [0.3, 0.4) is 0 Å². The largest absolute Gasteiger partial charge is 0.496 e. The highest BCUT2D eigenvalue weighted by atomic mass is 16.5. The molecule has 0 heterocycles. The molecule has 0 amide bonds. The number of esters is 1. The number of benzene rings is 2. The topological polar surface area (TPSA) is 47.6 Å². The molecule has 0 saturated heterocycles. The van der Waals surface area contributed by atoms with Crippen LogP contribution in [0, 0.1) is 0 Å². The van der Waals surface area contributed by atoms with E-state index in [9.17, 15) is 4.79 Å². The van der Waals surface area contributed by atoms with Crippen LogP contribution in [0.25, 0.3) is 10.8 Å². The summed E-state index contributed by atoms with van der Waals surface area (Å²) in [5, 5.41) is 5.36. The van der Waals surface area contributed by atoms with Gasteiger partial charge < -0.3 is 14.8 Å². The Bertz CT molecular complexity index is 610. The predicted octanol–water partition coefficient (Wildman–Crippen LogP) is 2.50. The Labute approximate surface area is 118 Å². The summed E-state index contributed by atoms with van der Waals surface area (Å²) in [6.07, 6.45) is 0. The van der Waals surface area contributed by atoms with Crippen molar-refractivity contribution in [2.75, 3.05) is 14.2 Å². The molecule has 0 spiro atoms. The van der Waals surface area contributed by atoms with Gasteiger partial charge in [0.15, 0.2) is 0 Å². The van der Waals surface area contributed by atoms with E-state index in [1.54, 1.807) is 14.0 Å². The van der Waals surface area contributed by atoms with Gasteiger partial charge in [0.05, 0.1) is 14.2 Å². The van der Waals surface area contributed by atoms with Gasteiger partial charge in [0.1, 0.15) is 11.8 Å². The Balaban J connectivity index is 2.25. The molecule has 0 radical (unpaired) electrons. The van der Waals surface area contributed by atoms with Crippen molar-refractivity contribution in [1.82, 2.24) is 5.32 Å². The lowest BCUT2D eigenvalue weighted by Gasteiger charge is -2.14. The van der Waals surface area contributed by atoms with E-state index in [-0.39, 0.29) is 12.0 Å². The Morgan fingerprint density at radius 2 is 1.85 bits per heavy atom. The Morgan fingerprint density at radius 3 is 2.50 bits per heavy atom. The van der Waals surface area contributed by atoms with Crippen molar-refractivity contribution in [1.29, 1.82) is 0 Å². The second-order valence-electron chi connectivity index (χ2n) is 4.60. The van der Waals surface area contributed by atoms with Crippen LogP contribution < -0.4 is 10.1 Å². The highest BCUT2D eigenvalue weighted by Gasteiger charge is 2.13. The zero-order chi connectivity index (χ0) is 14.5. The number of carbonyl (C=O) groups is 1. The smallest absolute Gasteiger partial charge is 0.322 e. The summed E-state index contributed by atoms with van der Waals surface area (Å²) in [7, 11) is 3.06. The quantitative estimate of drug-likeness (QED) is 0.850. The van der Waals surface area contributed by atoms with Gasteiger partial charge in [-0.3, -0.25) is 4.79 Å². The van der Waals surface area contributed by atoms with Gasteiger partial charge in [-0.05, 0) is 23.9 Å². The molecule has 0 aliphatic rings. The number of carbonyl (C=O) groups excluding carboxylic acids is 1. The van der Waals surface area contributed by atoms with E-state index < -0.39 is 0 Å². The lowest BCUT2D eigenvalue weighted by molar-refractivity contribution is -0.142. The van der Waals surface area contributed by atoms with E-state index in [1.807, 2.05) is 30.3 Å². The van der Waals surface area contributed by atoms with E-state index in [2.05, 4.69) is 11.4 Å². The number of hydrogen-bond acceptors (Lipinski definition) is 4. The second-order valence-corrected chi connectivity index (χ2v) is 4.60. The number of fused-ring (bicyclic) bond motifs is 1. The van der Waals surface area contributed by atoms with Crippen LogP contribution in [0.4, 0.5) is 0 Å². The Hall–Kier alpha value is -2.07. The minimum atomic E-state index is -0.333. The maximum atomic E-state index is 11.4. The van der Waals surface area contributed by atoms with Crippen LogP contribution in [-0.4, -0.2) is 26.2 Å². The molecule has 2 aromatic rings. The van der Waals surface area contributed by atoms with Crippen molar-refractivity contribution >= 4 is 16.7 Å². The van der Waals surface area contributed by atoms with Gasteiger partial charge in [-0.2, -0.15) is 0 Å². The first-order valence-corrected chi connectivity index (χ1v) is 6.53. The van der Waals surface area contributed by atoms with E-state index >= 15 is 0 Å². The van der Waals surface area contributed by atoms with Gasteiger partial charge in [0.25, 0.3) is 0 Å². The summed E-state index contributed by atoms with van der Waals surface area (Å²) >= 11 is 0. The van der Waals surface area contributed by atoms with Crippen LogP contribution in [0.5, 0.6) is 5.75 Å². The van der Waals surface area contributed by atoms with Crippen LogP contribution >= 0.6 is 0 Å². The molecule has 106 valence electrons. The fourth-order valence-electron chi connectivity index (χ4n) is 2.19. The molecule has 0 aliphatic heterocycles. The van der Waals surface area contributed by atoms with Gasteiger partial charge in [0, 0.05) is 11.9 Å². The first kappa shape index (κ1) is 14.3. The fourth-order valence-corrected chi connectivity index (χ4v) is 2.19. The average Bonchev–Trinajstić information content (AvgIpc) is 2.51. The number of hydrogen-bond donors (Lipinski definition) is 1. The number of methoxy groups -OCH3 is 2. The molecule has 2 aromatic carbocycles. The lowest BCUT2D eigenvalue weighted by atomic mass is 10.0. The summed E-state index contributed by atoms with van der Waals surface area (Å²) in [6.45, 7) is 2.39. The van der Waals surface area contributed by atoms with E-state index in [0.717, 1.165) is 22.1 Å². The van der Waals surface area contributed by atoms with Crippen molar-refractivity contribution in [3.63, 3.8) is 0 Å². The third-order valence-electron chi connectivity index (χ3n) is 3.35. The lowest BCUT2D eigenvalue weighted by Crippen LogP contribution is -2.34. The standard InChI is InChI=1S/C16H19NO3/c1-11(16(18)20-3)17-10-12-8-9-15(19-2)14-7-5-4-6-13(12)14/h4-9,11,17H,10H2,1-3H3. The number of nitrogens with one attached hydrogen (secondary N) is 1. The molecule has 1 atom stereocenters. The summed E-state index contributed by atoms with van der Waals surface area (Å²) in [5.41, 5.74) is 1.12. The molecule has 0 aromatic heterocycles. The first-order chi connectivity index (χ1) is 9.67. The van der Waals surface area contributed by atoms with Crippen molar-refractivity contribution in [3.05, 3.63) is 42.0 Å². The summed E-state index contributed by atoms with van der Waals surface area (Å²) in [4.78, 5) is 11.4. The maximum Gasteiger partial charge on any atom is 0.322 e. The molecule has 4 heteroatoms. The normalized spacial score (nSPS) is 12.2. The monoisotopic (exact) mass is 273 g/mol. The van der Waals surface area contributed by atoms with Gasteiger partial charge in [0.2, 0.25) is 0 Å². The highest BCUT2D eigenvalue weighted by Crippen LogP contribution is 2.28. The van der Waals surface area contributed by atoms with E-state index in [1.165, 1.54) is 7.11 Å². The van der Waals surface area contributed by atoms with Crippen LogP contribution in [-0.2, 0) is 16.1 Å². The number of rotatable bonds is 5. The molecular weight excluding hydrogens is 254 g/mol. The van der Waals surface area contributed by atoms with E-state index in [4.69, 9.17) is 9.47 Å². The third kappa shape index (κ3) is 2.91. The van der Waals surface area contributed by atoms with Crippen LogP contribution in [0.2, 0.25) is 0 Å². The SMILES string of the molecule is COC(=O)C(C)NCc1ccc(OC)c2ccccc12. The predicted molar refractivity (Wildman–Crippen MR) is 78.8 cm³/mol. The summed E-state index contributed by atoms with van der Waals surface area (Å²) < 4.78 is 10.1. The third-order valence-corrected chi connectivity index (χ3v) is 3.35. The average molecular weight is 273 g/mol. The molecule has 4 nitrogen and oxygen atoms in total. The highest BCUT2D eigenvalue weighted by molar-refractivity contribution is 5.91. The first-order valence-electron chi connectivity index (χ1n) is 6.53. The van der Waals surface area contributed by atoms with Crippen molar-refractivity contribution in [2.24, 2.45) is 0 Å². The molecule has 0 aliphatic carbocycles. The second kappa shape index (κ2) is 6.39. The van der Waals surface area contributed by atoms with Gasteiger partial charge in [-0.25, -0.2) is 0 Å². The Kier molecular flexibility index (Phi) is 4.58. The number of ether oxygens (including phenoxy) is 2. The van der Waals surface area contributed by atoms with Crippen molar-refractivity contribution in [2.45, 2.75) is 19.5 Å². The molecule has 20 heavy (non-hydrogen) atoms. The van der Waals surface area contributed by atoms with Gasteiger partial charge >= 0.3 is 5.97 Å². The van der Waals surface area contributed by atoms with Gasteiger partial charge in [-0.15, -0.1) is 0 Å². The molecule has 1 unspecified atom stereocenters. The minimum absolute atomic E-state index is 0.261. The zero-order valence-corrected chi connectivity index (χ0v) is 12.0.